The van der Waals surface area contributed by atoms with Crippen LogP contribution in [-0.2, 0) is 13.6 Å². The molecule has 7 heteroatoms. The Kier molecular flexibility index (Phi) is 3.94. The largest absolute Gasteiger partial charge is 0.330 e. The first-order valence-electron chi connectivity index (χ1n) is 7.25. The van der Waals surface area contributed by atoms with E-state index in [1.54, 1.807) is 0 Å². The molecule has 1 saturated carbocycles. The van der Waals surface area contributed by atoms with Gasteiger partial charge in [-0.15, -0.1) is 0 Å². The highest BCUT2D eigenvalue weighted by atomic mass is 19.1. The monoisotopic (exact) mass is 319 g/mol. The molecule has 1 amide bonds. The zero-order valence-corrected chi connectivity index (χ0v) is 12.5. The maximum atomic E-state index is 13.8. The van der Waals surface area contributed by atoms with Crippen LogP contribution in [0.4, 0.5) is 8.78 Å². The number of carbonyl (C=O) groups excluding carboxylic acids is 1. The molecule has 0 bridgehead atoms. The van der Waals surface area contributed by atoms with Gasteiger partial charge in [0.25, 0.3) is 11.5 Å². The lowest BCUT2D eigenvalue weighted by Gasteiger charge is -2.22. The minimum Gasteiger partial charge on any atom is -0.330 e. The number of benzene rings is 1. The van der Waals surface area contributed by atoms with Crippen LogP contribution in [0, 0.1) is 11.6 Å². The summed E-state index contributed by atoms with van der Waals surface area (Å²) in [6.07, 6.45) is 1.67. The Morgan fingerprint density at radius 1 is 1.30 bits per heavy atom. The summed E-state index contributed by atoms with van der Waals surface area (Å²) in [7, 11) is 1.46. The highest BCUT2D eigenvalue weighted by Crippen LogP contribution is 2.30. The molecule has 1 fully saturated rings. The first-order chi connectivity index (χ1) is 11.0. The molecule has 0 atom stereocenters. The van der Waals surface area contributed by atoms with Gasteiger partial charge in [0.05, 0.1) is 0 Å². The molecule has 0 aliphatic heterocycles. The maximum absolute atomic E-state index is 13.8. The summed E-state index contributed by atoms with van der Waals surface area (Å²) in [6, 6.07) is 5.95. The number of aromatic nitrogens is 2. The fourth-order valence-electron chi connectivity index (χ4n) is 2.35. The molecular formula is C16H15F2N3O2. The summed E-state index contributed by atoms with van der Waals surface area (Å²) in [5.74, 6) is -1.71. The second-order valence-corrected chi connectivity index (χ2v) is 5.58. The van der Waals surface area contributed by atoms with Gasteiger partial charge in [-0.25, -0.2) is 13.5 Å². The van der Waals surface area contributed by atoms with Gasteiger partial charge in [0, 0.05) is 37.3 Å². The van der Waals surface area contributed by atoms with Crippen LogP contribution in [0.15, 0.2) is 35.1 Å². The van der Waals surface area contributed by atoms with E-state index in [9.17, 15) is 18.4 Å². The Bertz CT molecular complexity index is 815. The van der Waals surface area contributed by atoms with Crippen LogP contribution < -0.4 is 5.56 Å². The van der Waals surface area contributed by atoms with Crippen molar-refractivity contribution in [3.63, 3.8) is 0 Å². The topological polar surface area (TPSA) is 55.2 Å². The number of carbonyl (C=O) groups is 1. The summed E-state index contributed by atoms with van der Waals surface area (Å²) in [4.78, 5) is 25.5. The van der Waals surface area contributed by atoms with Crippen LogP contribution in [0.2, 0.25) is 0 Å². The number of hydrogen-bond acceptors (Lipinski definition) is 3. The van der Waals surface area contributed by atoms with Crippen LogP contribution in [0.25, 0.3) is 0 Å². The Hall–Kier alpha value is -2.57. The zero-order chi connectivity index (χ0) is 16.6. The first kappa shape index (κ1) is 15.3. The number of rotatable bonds is 4. The van der Waals surface area contributed by atoms with Crippen molar-refractivity contribution in [3.8, 4) is 0 Å². The van der Waals surface area contributed by atoms with Crippen molar-refractivity contribution in [2.24, 2.45) is 7.05 Å². The van der Waals surface area contributed by atoms with Crippen LogP contribution >= 0.6 is 0 Å². The lowest BCUT2D eigenvalue weighted by molar-refractivity contribution is 0.0719. The summed E-state index contributed by atoms with van der Waals surface area (Å²) >= 11 is 0. The van der Waals surface area contributed by atoms with Gasteiger partial charge in [-0.2, -0.15) is 5.10 Å². The molecule has 0 spiro atoms. The summed E-state index contributed by atoms with van der Waals surface area (Å²) < 4.78 is 27.9. The molecule has 2 aromatic rings. The second kappa shape index (κ2) is 5.91. The Balaban J connectivity index is 1.87. The third-order valence-electron chi connectivity index (χ3n) is 3.78. The van der Waals surface area contributed by atoms with Crippen molar-refractivity contribution in [3.05, 3.63) is 63.6 Å². The lowest BCUT2D eigenvalue weighted by atomic mass is 10.2. The molecule has 0 N–H and O–H groups in total. The van der Waals surface area contributed by atoms with Crippen molar-refractivity contribution < 1.29 is 13.6 Å². The van der Waals surface area contributed by atoms with Gasteiger partial charge >= 0.3 is 0 Å². The van der Waals surface area contributed by atoms with Gasteiger partial charge in [-0.1, -0.05) is 6.07 Å². The second-order valence-electron chi connectivity index (χ2n) is 5.58. The van der Waals surface area contributed by atoms with Crippen LogP contribution in [0.3, 0.4) is 0 Å². The molecule has 1 heterocycles. The Labute approximate surface area is 131 Å². The average Bonchev–Trinajstić information content (AvgIpc) is 3.33. The number of halogens is 2. The van der Waals surface area contributed by atoms with Gasteiger partial charge in [0.15, 0.2) is 0 Å². The molecule has 120 valence electrons. The molecule has 1 aliphatic rings. The van der Waals surface area contributed by atoms with Crippen molar-refractivity contribution in [2.45, 2.75) is 25.4 Å². The molecule has 1 aromatic heterocycles. The van der Waals surface area contributed by atoms with E-state index >= 15 is 0 Å². The van der Waals surface area contributed by atoms with Crippen molar-refractivity contribution in [1.82, 2.24) is 14.7 Å². The Morgan fingerprint density at radius 3 is 2.65 bits per heavy atom. The van der Waals surface area contributed by atoms with E-state index in [0.717, 1.165) is 23.6 Å². The number of amides is 1. The summed E-state index contributed by atoms with van der Waals surface area (Å²) in [5, 5.41) is 3.94. The van der Waals surface area contributed by atoms with Gasteiger partial charge in [0.1, 0.15) is 17.3 Å². The lowest BCUT2D eigenvalue weighted by Crippen LogP contribution is -2.35. The van der Waals surface area contributed by atoms with E-state index in [4.69, 9.17) is 0 Å². The van der Waals surface area contributed by atoms with Crippen LogP contribution in [0.5, 0.6) is 0 Å². The van der Waals surface area contributed by atoms with Gasteiger partial charge in [-0.05, 0) is 25.0 Å². The van der Waals surface area contributed by atoms with Crippen molar-refractivity contribution in [2.75, 3.05) is 0 Å². The molecule has 3 rings (SSSR count). The van der Waals surface area contributed by atoms with Crippen molar-refractivity contribution >= 4 is 5.91 Å². The SMILES string of the molecule is Cn1nc(C(=O)N(Cc2ccc(F)cc2F)C2CC2)ccc1=O. The molecule has 0 saturated heterocycles. The average molecular weight is 319 g/mol. The highest BCUT2D eigenvalue weighted by Gasteiger charge is 2.34. The van der Waals surface area contributed by atoms with Crippen molar-refractivity contribution in [1.29, 1.82) is 0 Å². The smallest absolute Gasteiger partial charge is 0.274 e. The van der Waals surface area contributed by atoms with E-state index in [2.05, 4.69) is 5.10 Å². The first-order valence-corrected chi connectivity index (χ1v) is 7.25. The predicted molar refractivity (Wildman–Crippen MR) is 78.7 cm³/mol. The van der Waals surface area contributed by atoms with E-state index in [0.29, 0.717) is 0 Å². The minimum atomic E-state index is -0.683. The van der Waals surface area contributed by atoms with Gasteiger partial charge in [0.2, 0.25) is 0 Å². The van der Waals surface area contributed by atoms with E-state index < -0.39 is 11.6 Å². The molecule has 1 aromatic carbocycles. The van der Waals surface area contributed by atoms with Gasteiger partial charge < -0.3 is 4.90 Å². The third kappa shape index (κ3) is 3.28. The number of hydrogen-bond donors (Lipinski definition) is 0. The normalized spacial score (nSPS) is 13.9. The van der Waals surface area contributed by atoms with Crippen LogP contribution in [0.1, 0.15) is 28.9 Å². The molecule has 1 aliphatic carbocycles. The fourth-order valence-corrected chi connectivity index (χ4v) is 2.35. The number of nitrogens with zero attached hydrogens (tertiary/aromatic N) is 3. The summed E-state index contributed by atoms with van der Waals surface area (Å²) in [6.45, 7) is 0.0418. The molecule has 23 heavy (non-hydrogen) atoms. The van der Waals surface area contributed by atoms with E-state index in [1.165, 1.54) is 36.2 Å². The summed E-state index contributed by atoms with van der Waals surface area (Å²) in [5.41, 5.74) is 0.0575. The standard InChI is InChI=1S/C16H15F2N3O2/c1-20-15(22)7-6-14(19-20)16(23)21(12-4-5-12)9-10-2-3-11(17)8-13(10)18/h2-3,6-8,12H,4-5,9H2,1H3. The predicted octanol–water partition coefficient (Wildman–Crippen LogP) is 1.86. The van der Waals surface area contributed by atoms with E-state index in [-0.39, 0.29) is 35.3 Å². The molecule has 0 unspecified atom stereocenters. The quantitative estimate of drug-likeness (QED) is 0.864. The molecular weight excluding hydrogens is 304 g/mol. The zero-order valence-electron chi connectivity index (χ0n) is 12.5. The highest BCUT2D eigenvalue weighted by molar-refractivity contribution is 5.92. The molecule has 0 radical (unpaired) electrons. The fraction of sp³-hybridized carbons (Fsp3) is 0.312. The third-order valence-corrected chi connectivity index (χ3v) is 3.78. The van der Waals surface area contributed by atoms with E-state index in [1.807, 2.05) is 0 Å². The molecule has 5 nitrogen and oxygen atoms in total. The maximum Gasteiger partial charge on any atom is 0.274 e. The Morgan fingerprint density at radius 2 is 2.04 bits per heavy atom. The van der Waals surface area contributed by atoms with Crippen LogP contribution in [-0.4, -0.2) is 26.6 Å². The number of aryl methyl sites for hydroxylation is 1. The minimum absolute atomic E-state index is 0.0194. The van der Waals surface area contributed by atoms with Gasteiger partial charge in [-0.3, -0.25) is 9.59 Å².